The SMILES string of the molecule is CCOCCCN(C(=O)C1CCOC1)C1CC(C(=O)NCCO)=CC(Oc2c(I)cc(CO)cc2OC)C1O. The largest absolute Gasteiger partial charge is 0.493 e. The fourth-order valence-electron chi connectivity index (χ4n) is 4.78. The van der Waals surface area contributed by atoms with Gasteiger partial charge in [0.2, 0.25) is 11.8 Å². The lowest BCUT2D eigenvalue weighted by molar-refractivity contribution is -0.143. The van der Waals surface area contributed by atoms with Gasteiger partial charge in [-0.2, -0.15) is 0 Å². The quantitative estimate of drug-likeness (QED) is 0.169. The van der Waals surface area contributed by atoms with Gasteiger partial charge in [-0.15, -0.1) is 0 Å². The van der Waals surface area contributed by atoms with Gasteiger partial charge in [-0.05, 0) is 66.1 Å². The summed E-state index contributed by atoms with van der Waals surface area (Å²) in [6.45, 7) is 3.73. The number of halogens is 1. The van der Waals surface area contributed by atoms with Gasteiger partial charge in [0.05, 0.1) is 42.5 Å². The van der Waals surface area contributed by atoms with Crippen LogP contribution in [0, 0.1) is 9.49 Å². The summed E-state index contributed by atoms with van der Waals surface area (Å²) in [5.41, 5.74) is 0.977. The van der Waals surface area contributed by atoms with Crippen molar-refractivity contribution >= 4 is 34.4 Å². The summed E-state index contributed by atoms with van der Waals surface area (Å²) in [4.78, 5) is 28.3. The van der Waals surface area contributed by atoms with Crippen LogP contribution >= 0.6 is 22.6 Å². The molecule has 1 aromatic carbocycles. The molecule has 4 unspecified atom stereocenters. The second-order valence-electron chi connectivity index (χ2n) is 9.43. The Morgan fingerprint density at radius 1 is 1.28 bits per heavy atom. The molecule has 1 heterocycles. The van der Waals surface area contributed by atoms with Gasteiger partial charge < -0.3 is 44.5 Å². The first kappa shape index (κ1) is 31.6. The van der Waals surface area contributed by atoms with Crippen molar-refractivity contribution in [2.75, 3.05) is 53.2 Å². The Balaban J connectivity index is 1.96. The standard InChI is InChI=1S/C27H39IN2O9/c1-3-37-9-4-7-30(27(35)18-5-10-38-16-18)21-13-19(26(34)29-6-8-31)14-22(24(21)33)39-25-20(28)11-17(15-32)12-23(25)36-2/h11-12,14,18,21-22,24,31-33H,3-10,13,15-16H2,1-2H3,(H,29,34). The van der Waals surface area contributed by atoms with Crippen LogP contribution < -0.4 is 14.8 Å². The van der Waals surface area contributed by atoms with Gasteiger partial charge in [0.15, 0.2) is 11.5 Å². The summed E-state index contributed by atoms with van der Waals surface area (Å²) in [5, 5.41) is 33.0. The van der Waals surface area contributed by atoms with E-state index in [2.05, 4.69) is 27.9 Å². The molecule has 12 heteroatoms. The van der Waals surface area contributed by atoms with E-state index >= 15 is 0 Å². The van der Waals surface area contributed by atoms with Crippen LogP contribution in [-0.2, 0) is 25.7 Å². The van der Waals surface area contributed by atoms with E-state index in [-0.39, 0.29) is 38.0 Å². The van der Waals surface area contributed by atoms with Crippen LogP contribution in [0.15, 0.2) is 23.8 Å². The van der Waals surface area contributed by atoms with Crippen LogP contribution in [0.5, 0.6) is 11.5 Å². The summed E-state index contributed by atoms with van der Waals surface area (Å²) >= 11 is 2.06. The van der Waals surface area contributed by atoms with Gasteiger partial charge in [0, 0.05) is 44.9 Å². The predicted molar refractivity (Wildman–Crippen MR) is 150 cm³/mol. The van der Waals surface area contributed by atoms with Crippen molar-refractivity contribution in [1.29, 1.82) is 0 Å². The Hall–Kier alpha value is -1.97. The van der Waals surface area contributed by atoms with Crippen molar-refractivity contribution in [3.63, 3.8) is 0 Å². The van der Waals surface area contributed by atoms with E-state index in [1.165, 1.54) is 7.11 Å². The molecule has 1 saturated heterocycles. The number of ether oxygens (including phenoxy) is 4. The lowest BCUT2D eigenvalue weighted by Crippen LogP contribution is -2.56. The number of nitrogens with one attached hydrogen (secondary N) is 1. The maximum Gasteiger partial charge on any atom is 0.247 e. The van der Waals surface area contributed by atoms with Gasteiger partial charge in [0.25, 0.3) is 0 Å². The van der Waals surface area contributed by atoms with Crippen LogP contribution in [0.3, 0.4) is 0 Å². The zero-order valence-corrected chi connectivity index (χ0v) is 24.6. The number of hydrogen-bond donors (Lipinski definition) is 4. The number of aliphatic hydroxyl groups is 3. The Labute approximate surface area is 242 Å². The number of amides is 2. The highest BCUT2D eigenvalue weighted by Crippen LogP contribution is 2.37. The first-order valence-corrected chi connectivity index (χ1v) is 14.3. The summed E-state index contributed by atoms with van der Waals surface area (Å²) < 4.78 is 23.4. The molecule has 1 aliphatic heterocycles. The molecule has 2 aliphatic rings. The number of aliphatic hydroxyl groups excluding tert-OH is 3. The molecule has 0 bridgehead atoms. The molecule has 0 radical (unpaired) electrons. The molecule has 4 N–H and O–H groups in total. The van der Waals surface area contributed by atoms with Crippen molar-refractivity contribution in [3.8, 4) is 11.5 Å². The Kier molecular flexibility index (Phi) is 12.7. The first-order valence-electron chi connectivity index (χ1n) is 13.2. The van der Waals surface area contributed by atoms with E-state index in [9.17, 15) is 24.9 Å². The van der Waals surface area contributed by atoms with E-state index in [4.69, 9.17) is 18.9 Å². The molecule has 218 valence electrons. The van der Waals surface area contributed by atoms with E-state index in [0.717, 1.165) is 0 Å². The fourth-order valence-corrected chi connectivity index (χ4v) is 5.57. The molecule has 11 nitrogen and oxygen atoms in total. The third kappa shape index (κ3) is 8.27. The fraction of sp³-hybridized carbons (Fsp3) is 0.630. The number of methoxy groups -OCH3 is 1. The number of rotatable bonds is 14. The maximum absolute atomic E-state index is 13.6. The van der Waals surface area contributed by atoms with Crippen LogP contribution in [-0.4, -0.2) is 104 Å². The van der Waals surface area contributed by atoms with Crippen LogP contribution in [0.2, 0.25) is 0 Å². The van der Waals surface area contributed by atoms with Crippen molar-refractivity contribution in [2.45, 2.75) is 51.0 Å². The number of nitrogens with zero attached hydrogens (tertiary/aromatic N) is 1. The van der Waals surface area contributed by atoms with Crippen molar-refractivity contribution in [1.82, 2.24) is 10.2 Å². The molecule has 3 rings (SSSR count). The average molecular weight is 663 g/mol. The molecule has 1 aromatic rings. The van der Waals surface area contributed by atoms with E-state index in [0.29, 0.717) is 72.0 Å². The van der Waals surface area contributed by atoms with Crippen LogP contribution in [0.4, 0.5) is 0 Å². The molecule has 39 heavy (non-hydrogen) atoms. The Bertz CT molecular complexity index is 1000. The van der Waals surface area contributed by atoms with Crippen LogP contribution in [0.1, 0.15) is 31.7 Å². The third-order valence-electron chi connectivity index (χ3n) is 6.79. The Morgan fingerprint density at radius 3 is 2.72 bits per heavy atom. The Morgan fingerprint density at radius 2 is 2.08 bits per heavy atom. The molecular formula is C27H39IN2O9. The molecule has 0 saturated carbocycles. The molecule has 1 aliphatic carbocycles. The summed E-state index contributed by atoms with van der Waals surface area (Å²) in [6, 6.07) is 2.64. The minimum Gasteiger partial charge on any atom is -0.493 e. The van der Waals surface area contributed by atoms with Crippen molar-refractivity contribution in [2.24, 2.45) is 5.92 Å². The number of benzene rings is 1. The van der Waals surface area contributed by atoms with Gasteiger partial charge in [-0.1, -0.05) is 0 Å². The van der Waals surface area contributed by atoms with Crippen molar-refractivity contribution in [3.05, 3.63) is 32.9 Å². The zero-order valence-electron chi connectivity index (χ0n) is 22.4. The van der Waals surface area contributed by atoms with E-state index in [1.54, 1.807) is 23.1 Å². The topological polar surface area (TPSA) is 147 Å². The molecular weight excluding hydrogens is 623 g/mol. The normalized spacial score (nSPS) is 22.8. The highest BCUT2D eigenvalue weighted by molar-refractivity contribution is 14.1. The summed E-state index contributed by atoms with van der Waals surface area (Å²) in [6.07, 6.45) is 0.690. The monoisotopic (exact) mass is 662 g/mol. The molecule has 2 amide bonds. The van der Waals surface area contributed by atoms with Crippen LogP contribution in [0.25, 0.3) is 0 Å². The lowest BCUT2D eigenvalue weighted by Gasteiger charge is -2.41. The molecule has 4 atom stereocenters. The van der Waals surface area contributed by atoms with Gasteiger partial charge in [0.1, 0.15) is 12.2 Å². The molecule has 0 spiro atoms. The number of carbonyl (C=O) groups is 2. The predicted octanol–water partition coefficient (Wildman–Crippen LogP) is 0.999. The molecule has 1 fully saturated rings. The van der Waals surface area contributed by atoms with Gasteiger partial charge >= 0.3 is 0 Å². The second-order valence-corrected chi connectivity index (χ2v) is 10.6. The molecule has 0 aromatic heterocycles. The van der Waals surface area contributed by atoms with Crippen molar-refractivity contribution < 1.29 is 43.9 Å². The second kappa shape index (κ2) is 15.7. The van der Waals surface area contributed by atoms with Gasteiger partial charge in [-0.3, -0.25) is 9.59 Å². The number of carbonyl (C=O) groups excluding carboxylic acids is 2. The lowest BCUT2D eigenvalue weighted by atomic mass is 9.87. The minimum absolute atomic E-state index is 0.0691. The smallest absolute Gasteiger partial charge is 0.247 e. The first-order chi connectivity index (χ1) is 18.8. The highest BCUT2D eigenvalue weighted by Gasteiger charge is 2.42. The maximum atomic E-state index is 13.6. The van der Waals surface area contributed by atoms with E-state index in [1.807, 2.05) is 6.92 Å². The van der Waals surface area contributed by atoms with E-state index < -0.39 is 24.2 Å². The minimum atomic E-state index is -1.16. The summed E-state index contributed by atoms with van der Waals surface area (Å²) in [5.74, 6) is -0.146. The highest BCUT2D eigenvalue weighted by atomic mass is 127. The zero-order chi connectivity index (χ0) is 28.4. The average Bonchev–Trinajstić information content (AvgIpc) is 3.48. The summed E-state index contributed by atoms with van der Waals surface area (Å²) in [7, 11) is 1.48. The van der Waals surface area contributed by atoms with Gasteiger partial charge in [-0.25, -0.2) is 0 Å². The third-order valence-corrected chi connectivity index (χ3v) is 7.60. The number of hydrogen-bond acceptors (Lipinski definition) is 9.